The zero-order valence-corrected chi connectivity index (χ0v) is 17.9. The molecule has 0 saturated carbocycles. The maximum atomic E-state index is 12.2. The summed E-state index contributed by atoms with van der Waals surface area (Å²) >= 11 is 5.08. The number of amidine groups is 1. The molecule has 1 fully saturated rings. The normalized spacial score (nSPS) is 23.2. The molecular weight excluding hydrogens is 448 g/mol. The second-order valence-electron chi connectivity index (χ2n) is 6.58. The van der Waals surface area contributed by atoms with Gasteiger partial charge in [0.1, 0.15) is 5.75 Å². The van der Waals surface area contributed by atoms with E-state index >= 15 is 0 Å². The molecule has 0 spiro atoms. The number of benzene rings is 2. The Morgan fingerprint density at radius 1 is 1.19 bits per heavy atom. The Morgan fingerprint density at radius 3 is 2.67 bits per heavy atom. The fourth-order valence-corrected chi connectivity index (χ4v) is 6.65. The number of hydrogen-bond donors (Lipinski definition) is 0. The summed E-state index contributed by atoms with van der Waals surface area (Å²) in [5.41, 5.74) is 2.06. The van der Waals surface area contributed by atoms with Gasteiger partial charge in [0.15, 0.2) is 15.0 Å². The first-order chi connectivity index (χ1) is 13.0. The summed E-state index contributed by atoms with van der Waals surface area (Å²) in [4.78, 5) is 6.83. The fourth-order valence-electron chi connectivity index (χ4n) is 3.47. The van der Waals surface area contributed by atoms with Gasteiger partial charge in [-0.15, -0.1) is 0 Å². The van der Waals surface area contributed by atoms with Gasteiger partial charge in [0.25, 0.3) is 0 Å². The number of anilines is 1. The third kappa shape index (κ3) is 3.88. The Bertz CT molecular complexity index is 977. The van der Waals surface area contributed by atoms with Crippen LogP contribution in [0.1, 0.15) is 5.56 Å². The second kappa shape index (κ2) is 7.48. The average Bonchev–Trinajstić information content (AvgIpc) is 3.12. The van der Waals surface area contributed by atoms with Gasteiger partial charge >= 0.3 is 0 Å². The van der Waals surface area contributed by atoms with E-state index in [1.165, 1.54) is 5.56 Å². The molecule has 2 aliphatic rings. The molecule has 0 radical (unpaired) electrons. The monoisotopic (exact) mass is 466 g/mol. The van der Waals surface area contributed by atoms with Gasteiger partial charge in [-0.05, 0) is 29.8 Å². The second-order valence-corrected chi connectivity index (χ2v) is 10.6. The van der Waals surface area contributed by atoms with Crippen LogP contribution in [0.25, 0.3) is 0 Å². The maximum Gasteiger partial charge on any atom is 0.164 e. The van der Waals surface area contributed by atoms with Crippen LogP contribution in [0, 0.1) is 0 Å². The third-order valence-corrected chi connectivity index (χ3v) is 8.00. The van der Waals surface area contributed by atoms with Crippen molar-refractivity contribution in [2.45, 2.75) is 17.8 Å². The summed E-state index contributed by atoms with van der Waals surface area (Å²) in [5.74, 6) is 1.73. The van der Waals surface area contributed by atoms with E-state index in [1.54, 1.807) is 18.9 Å². The minimum Gasteiger partial charge on any atom is -0.495 e. The topological polar surface area (TPSA) is 59.0 Å². The van der Waals surface area contributed by atoms with Gasteiger partial charge in [0.2, 0.25) is 0 Å². The summed E-state index contributed by atoms with van der Waals surface area (Å²) in [6.07, 6.45) is 0. The lowest BCUT2D eigenvalue weighted by Gasteiger charge is -2.27. The first-order valence-corrected chi connectivity index (χ1v) is 12.1. The van der Waals surface area contributed by atoms with Gasteiger partial charge in [0.05, 0.1) is 36.4 Å². The van der Waals surface area contributed by atoms with Crippen molar-refractivity contribution >= 4 is 48.4 Å². The molecule has 2 atom stereocenters. The Hall–Kier alpha value is -1.51. The predicted molar refractivity (Wildman–Crippen MR) is 115 cm³/mol. The number of sulfone groups is 1. The first-order valence-electron chi connectivity index (χ1n) is 8.54. The van der Waals surface area contributed by atoms with Crippen molar-refractivity contribution in [3.63, 3.8) is 0 Å². The molecule has 2 heterocycles. The number of thioether (sulfide) groups is 1. The van der Waals surface area contributed by atoms with Gasteiger partial charge in [-0.2, -0.15) is 0 Å². The van der Waals surface area contributed by atoms with Crippen molar-refractivity contribution < 1.29 is 13.2 Å². The minimum atomic E-state index is -3.07. The van der Waals surface area contributed by atoms with Crippen LogP contribution >= 0.6 is 27.7 Å². The highest BCUT2D eigenvalue weighted by Gasteiger charge is 2.47. The standard InChI is InChI=1S/C19H19BrN2O3S2/c1-25-18-5-3-2-4-16(18)22-17-12-27(23,24)11-15(17)21-19(22)26-10-13-6-8-14(20)9-7-13/h2-9,15,17H,10-12H2,1H3/t15-,17-/m0/s1. The third-order valence-electron chi connectivity index (χ3n) is 4.73. The molecule has 8 heteroatoms. The number of para-hydroxylation sites is 2. The number of nitrogens with zero attached hydrogens (tertiary/aromatic N) is 2. The molecule has 0 N–H and O–H groups in total. The van der Waals surface area contributed by atoms with Crippen molar-refractivity contribution in [2.75, 3.05) is 23.5 Å². The summed E-state index contributed by atoms with van der Waals surface area (Å²) in [5, 5.41) is 0.854. The summed E-state index contributed by atoms with van der Waals surface area (Å²) in [7, 11) is -1.44. The van der Waals surface area contributed by atoms with Crippen molar-refractivity contribution in [2.24, 2.45) is 4.99 Å². The van der Waals surface area contributed by atoms with Crippen LogP contribution in [0.15, 0.2) is 58.0 Å². The number of hydrogen-bond acceptors (Lipinski definition) is 6. The molecule has 4 rings (SSSR count). The lowest BCUT2D eigenvalue weighted by Crippen LogP contribution is -2.39. The van der Waals surface area contributed by atoms with Gasteiger partial charge in [-0.1, -0.05) is 52.0 Å². The molecule has 0 aliphatic carbocycles. The predicted octanol–water partition coefficient (Wildman–Crippen LogP) is 3.73. The average molecular weight is 467 g/mol. The van der Waals surface area contributed by atoms with E-state index in [0.29, 0.717) is 0 Å². The largest absolute Gasteiger partial charge is 0.495 e. The van der Waals surface area contributed by atoms with Crippen LogP contribution in [-0.4, -0.2) is 44.3 Å². The lowest BCUT2D eigenvalue weighted by molar-refractivity contribution is 0.415. The van der Waals surface area contributed by atoms with Crippen LogP contribution in [0.5, 0.6) is 5.75 Å². The molecule has 2 aromatic rings. The maximum absolute atomic E-state index is 12.2. The molecule has 27 heavy (non-hydrogen) atoms. The van der Waals surface area contributed by atoms with Crippen molar-refractivity contribution in [1.29, 1.82) is 0 Å². The summed E-state index contributed by atoms with van der Waals surface area (Å²) in [6, 6.07) is 15.5. The molecule has 0 bridgehead atoms. The number of ether oxygens (including phenoxy) is 1. The number of aliphatic imine (C=N–C) groups is 1. The van der Waals surface area contributed by atoms with Crippen LogP contribution in [0.4, 0.5) is 5.69 Å². The van der Waals surface area contributed by atoms with E-state index in [-0.39, 0.29) is 23.6 Å². The van der Waals surface area contributed by atoms with E-state index < -0.39 is 9.84 Å². The molecule has 0 unspecified atom stereocenters. The zero-order valence-electron chi connectivity index (χ0n) is 14.7. The highest BCUT2D eigenvalue weighted by molar-refractivity contribution is 9.10. The van der Waals surface area contributed by atoms with Crippen LogP contribution in [0.2, 0.25) is 0 Å². The van der Waals surface area contributed by atoms with Crippen LogP contribution < -0.4 is 9.64 Å². The van der Waals surface area contributed by atoms with Crippen molar-refractivity contribution in [1.82, 2.24) is 0 Å². The number of methoxy groups -OCH3 is 1. The van der Waals surface area contributed by atoms with E-state index in [0.717, 1.165) is 26.8 Å². The summed E-state index contributed by atoms with van der Waals surface area (Å²) in [6.45, 7) is 0. The lowest BCUT2D eigenvalue weighted by atomic mass is 10.1. The SMILES string of the molecule is COc1ccccc1N1C(SCc2ccc(Br)cc2)=N[C@H]2CS(=O)(=O)C[C@@H]21. The van der Waals surface area contributed by atoms with Crippen molar-refractivity contribution in [3.05, 3.63) is 58.6 Å². The molecule has 1 saturated heterocycles. The van der Waals surface area contributed by atoms with Gasteiger partial charge < -0.3 is 9.64 Å². The zero-order chi connectivity index (χ0) is 19.0. The first kappa shape index (κ1) is 18.8. The van der Waals surface area contributed by atoms with Gasteiger partial charge in [-0.25, -0.2) is 8.42 Å². The Balaban J connectivity index is 1.64. The van der Waals surface area contributed by atoms with Gasteiger partial charge in [-0.3, -0.25) is 4.99 Å². The van der Waals surface area contributed by atoms with Crippen molar-refractivity contribution in [3.8, 4) is 5.75 Å². The number of halogens is 1. The van der Waals surface area contributed by atoms with Gasteiger partial charge in [0, 0.05) is 10.2 Å². The molecule has 5 nitrogen and oxygen atoms in total. The fraction of sp³-hybridized carbons (Fsp3) is 0.316. The van der Waals surface area contributed by atoms with Crippen LogP contribution in [0.3, 0.4) is 0 Å². The number of rotatable bonds is 4. The smallest absolute Gasteiger partial charge is 0.164 e. The molecular formula is C19H19BrN2O3S2. The molecule has 0 amide bonds. The van der Waals surface area contributed by atoms with E-state index in [4.69, 9.17) is 9.73 Å². The Labute approximate surface area is 171 Å². The number of fused-ring (bicyclic) bond motifs is 1. The quantitative estimate of drug-likeness (QED) is 0.686. The Kier molecular flexibility index (Phi) is 5.22. The minimum absolute atomic E-state index is 0.117. The Morgan fingerprint density at radius 2 is 1.93 bits per heavy atom. The molecule has 142 valence electrons. The van der Waals surface area contributed by atoms with Crippen LogP contribution in [-0.2, 0) is 15.6 Å². The van der Waals surface area contributed by atoms with E-state index in [9.17, 15) is 8.42 Å². The molecule has 2 aromatic carbocycles. The molecule has 2 aliphatic heterocycles. The van der Waals surface area contributed by atoms with E-state index in [2.05, 4.69) is 33.0 Å². The molecule has 0 aromatic heterocycles. The summed E-state index contributed by atoms with van der Waals surface area (Å²) < 4.78 is 30.9. The highest BCUT2D eigenvalue weighted by Crippen LogP contribution is 2.39. The highest BCUT2D eigenvalue weighted by atomic mass is 79.9. The van der Waals surface area contributed by atoms with E-state index in [1.807, 2.05) is 36.4 Å².